The summed E-state index contributed by atoms with van der Waals surface area (Å²) < 4.78 is 0. The molecule has 0 spiro atoms. The second kappa shape index (κ2) is 12.6. The maximum absolute atomic E-state index is 3.85. The molecule has 0 N–H and O–H groups in total. The zero-order chi connectivity index (χ0) is 22.9. The number of aryl methyl sites for hydroxylation is 1. The average Bonchev–Trinajstić information content (AvgIpc) is 2.87. The minimum Gasteiger partial charge on any atom is -0.103 e. The Hall–Kier alpha value is -1.82. The van der Waals surface area contributed by atoms with Crippen LogP contribution in [0.15, 0.2) is 61.2 Å². The molecule has 0 bridgehead atoms. The first-order valence-corrected chi connectivity index (χ1v) is 14.0. The van der Waals surface area contributed by atoms with Crippen LogP contribution in [0.25, 0.3) is 10.8 Å². The van der Waals surface area contributed by atoms with Gasteiger partial charge in [-0.25, -0.2) is 0 Å². The van der Waals surface area contributed by atoms with Gasteiger partial charge in [-0.1, -0.05) is 80.8 Å². The minimum absolute atomic E-state index is 0.774. The number of allylic oxidation sites excluding steroid dienone is 3. The van der Waals surface area contributed by atoms with Gasteiger partial charge in [0.25, 0.3) is 0 Å². The summed E-state index contributed by atoms with van der Waals surface area (Å²) in [6, 6.07) is 14.3. The second-order valence-corrected chi connectivity index (χ2v) is 11.1. The van der Waals surface area contributed by atoms with Crippen molar-refractivity contribution in [2.75, 3.05) is 0 Å². The topological polar surface area (TPSA) is 0 Å². The monoisotopic (exact) mass is 442 g/mol. The van der Waals surface area contributed by atoms with Crippen molar-refractivity contribution in [3.8, 4) is 0 Å². The molecule has 0 radical (unpaired) electrons. The lowest BCUT2D eigenvalue weighted by Crippen LogP contribution is -2.17. The van der Waals surface area contributed by atoms with E-state index in [2.05, 4.69) is 62.1 Å². The van der Waals surface area contributed by atoms with Crippen molar-refractivity contribution in [3.05, 3.63) is 72.3 Å². The number of hydrogen-bond acceptors (Lipinski definition) is 0. The van der Waals surface area contributed by atoms with Gasteiger partial charge in [0.05, 0.1) is 0 Å². The summed E-state index contributed by atoms with van der Waals surface area (Å²) in [7, 11) is 0. The molecule has 2 aliphatic rings. The maximum Gasteiger partial charge on any atom is -0.0162 e. The first kappa shape index (κ1) is 24.3. The van der Waals surface area contributed by atoms with Gasteiger partial charge in [-0.3, -0.25) is 0 Å². The molecule has 2 fully saturated rings. The molecule has 0 aliphatic heterocycles. The van der Waals surface area contributed by atoms with Crippen LogP contribution in [0.2, 0.25) is 0 Å². The van der Waals surface area contributed by atoms with Gasteiger partial charge >= 0.3 is 0 Å². The van der Waals surface area contributed by atoms with E-state index in [0.717, 1.165) is 36.5 Å². The molecule has 33 heavy (non-hydrogen) atoms. The third-order valence-electron chi connectivity index (χ3n) is 8.62. The van der Waals surface area contributed by atoms with Crippen molar-refractivity contribution in [2.24, 2.45) is 17.8 Å². The predicted molar refractivity (Wildman–Crippen MR) is 146 cm³/mol. The average molecular weight is 443 g/mol. The Bertz CT molecular complexity index is 887. The quantitative estimate of drug-likeness (QED) is 0.321. The van der Waals surface area contributed by atoms with Crippen molar-refractivity contribution in [1.29, 1.82) is 0 Å². The highest BCUT2D eigenvalue weighted by atomic mass is 14.3. The van der Waals surface area contributed by atoms with Crippen molar-refractivity contribution in [1.82, 2.24) is 0 Å². The first-order chi connectivity index (χ1) is 16.2. The van der Waals surface area contributed by atoms with Crippen LogP contribution in [-0.2, 0) is 6.42 Å². The largest absolute Gasteiger partial charge is 0.103 e. The molecule has 2 aromatic carbocycles. The molecule has 2 aliphatic carbocycles. The summed E-state index contributed by atoms with van der Waals surface area (Å²) >= 11 is 0. The fraction of sp³-hybridized carbons (Fsp3) is 0.576. The number of unbranched alkanes of at least 4 members (excludes halogenated alkanes) is 1. The summed E-state index contributed by atoms with van der Waals surface area (Å²) in [6.07, 6.45) is 26.2. The highest BCUT2D eigenvalue weighted by Crippen LogP contribution is 2.40. The van der Waals surface area contributed by atoms with Crippen LogP contribution < -0.4 is 0 Å². The highest BCUT2D eigenvalue weighted by Gasteiger charge is 2.25. The molecule has 178 valence electrons. The van der Waals surface area contributed by atoms with E-state index < -0.39 is 0 Å². The van der Waals surface area contributed by atoms with Gasteiger partial charge in [-0.05, 0) is 116 Å². The van der Waals surface area contributed by atoms with E-state index in [0.29, 0.717) is 0 Å². The standard InChI is InChI=1S/C33H46/c1-3-5-7-9-26-10-12-27(13-11-26)14-15-28-16-19-30(20-17-28)32-23-22-31-24-29(8-6-4-2)18-21-33(31)25-32/h4,7,9,18,21-28,30H,2-3,5-6,8,10-17,19-20H2,1H3/b9-7+. The van der Waals surface area contributed by atoms with Crippen LogP contribution in [0.5, 0.6) is 0 Å². The number of rotatable bonds is 10. The third-order valence-corrected chi connectivity index (χ3v) is 8.62. The Kier molecular flexibility index (Phi) is 9.27. The summed E-state index contributed by atoms with van der Waals surface area (Å²) in [4.78, 5) is 0. The van der Waals surface area contributed by atoms with E-state index in [1.54, 1.807) is 5.56 Å². The van der Waals surface area contributed by atoms with Gasteiger partial charge in [0.15, 0.2) is 0 Å². The highest BCUT2D eigenvalue weighted by molar-refractivity contribution is 5.84. The molecule has 0 heterocycles. The molecule has 0 heteroatoms. The zero-order valence-corrected chi connectivity index (χ0v) is 21.1. The Morgan fingerprint density at radius 1 is 0.788 bits per heavy atom. The lowest BCUT2D eigenvalue weighted by molar-refractivity contribution is 0.246. The molecule has 2 saturated carbocycles. The van der Waals surface area contributed by atoms with E-state index >= 15 is 0 Å². The van der Waals surface area contributed by atoms with Gasteiger partial charge in [-0.15, -0.1) is 6.58 Å². The number of fused-ring (bicyclic) bond motifs is 1. The molecule has 0 amide bonds. The molecular formula is C33H46. The van der Waals surface area contributed by atoms with Gasteiger partial charge in [0.1, 0.15) is 0 Å². The first-order valence-electron chi connectivity index (χ1n) is 14.0. The number of benzene rings is 2. The molecule has 4 rings (SSSR count). The van der Waals surface area contributed by atoms with Gasteiger partial charge in [-0.2, -0.15) is 0 Å². The third kappa shape index (κ3) is 7.08. The van der Waals surface area contributed by atoms with E-state index in [1.165, 1.54) is 93.4 Å². The Balaban J connectivity index is 1.20. The van der Waals surface area contributed by atoms with Crippen molar-refractivity contribution in [3.63, 3.8) is 0 Å². The van der Waals surface area contributed by atoms with E-state index in [9.17, 15) is 0 Å². The van der Waals surface area contributed by atoms with Gasteiger partial charge < -0.3 is 0 Å². The zero-order valence-electron chi connectivity index (χ0n) is 21.1. The van der Waals surface area contributed by atoms with E-state index in [4.69, 9.17) is 0 Å². The SMILES string of the molecule is C=CCCc1ccc2cc(C3CCC(CCC4CCC(/C=C/CCC)CC4)CC3)ccc2c1. The van der Waals surface area contributed by atoms with Crippen LogP contribution in [0.1, 0.15) is 107 Å². The lowest BCUT2D eigenvalue weighted by Gasteiger charge is -2.31. The lowest BCUT2D eigenvalue weighted by atomic mass is 9.74. The molecule has 0 unspecified atom stereocenters. The number of hydrogen-bond donors (Lipinski definition) is 0. The van der Waals surface area contributed by atoms with Crippen LogP contribution in [0.4, 0.5) is 0 Å². The second-order valence-electron chi connectivity index (χ2n) is 11.1. The maximum atomic E-state index is 3.85. The van der Waals surface area contributed by atoms with Crippen LogP contribution >= 0.6 is 0 Å². The summed E-state index contributed by atoms with van der Waals surface area (Å²) in [5, 5.41) is 2.81. The Morgan fingerprint density at radius 2 is 1.45 bits per heavy atom. The Labute approximate surface area is 203 Å². The smallest absolute Gasteiger partial charge is 0.0162 e. The van der Waals surface area contributed by atoms with Crippen LogP contribution in [-0.4, -0.2) is 0 Å². The molecule has 0 aromatic heterocycles. The fourth-order valence-electron chi connectivity index (χ4n) is 6.37. The summed E-state index contributed by atoms with van der Waals surface area (Å²) in [5.41, 5.74) is 3.01. The molecule has 2 aromatic rings. The van der Waals surface area contributed by atoms with Gasteiger partial charge in [0.2, 0.25) is 0 Å². The van der Waals surface area contributed by atoms with Crippen molar-refractivity contribution >= 4 is 10.8 Å². The molecule has 0 saturated heterocycles. The normalized spacial score (nSPS) is 26.1. The fourth-order valence-corrected chi connectivity index (χ4v) is 6.37. The van der Waals surface area contributed by atoms with Gasteiger partial charge in [0, 0.05) is 0 Å². The van der Waals surface area contributed by atoms with Crippen LogP contribution in [0, 0.1) is 17.8 Å². The van der Waals surface area contributed by atoms with Crippen LogP contribution in [0.3, 0.4) is 0 Å². The summed E-state index contributed by atoms with van der Waals surface area (Å²) in [5.74, 6) is 3.65. The molecule has 0 nitrogen and oxygen atoms in total. The van der Waals surface area contributed by atoms with Crippen molar-refractivity contribution in [2.45, 2.75) is 103 Å². The van der Waals surface area contributed by atoms with E-state index in [1.807, 2.05) is 6.08 Å². The molecular weight excluding hydrogens is 396 g/mol. The molecule has 0 atom stereocenters. The minimum atomic E-state index is 0.774. The summed E-state index contributed by atoms with van der Waals surface area (Å²) in [6.45, 7) is 6.13. The van der Waals surface area contributed by atoms with E-state index in [-0.39, 0.29) is 0 Å². The van der Waals surface area contributed by atoms with Crippen molar-refractivity contribution < 1.29 is 0 Å². The Morgan fingerprint density at radius 3 is 2.15 bits per heavy atom. The predicted octanol–water partition coefficient (Wildman–Crippen LogP) is 10.2.